The lowest BCUT2D eigenvalue weighted by Gasteiger charge is -2.31. The first-order chi connectivity index (χ1) is 15.2. The molecule has 1 saturated carbocycles. The highest BCUT2D eigenvalue weighted by molar-refractivity contribution is 5.79. The third kappa shape index (κ3) is 6.30. The van der Waals surface area contributed by atoms with Crippen LogP contribution in [0, 0.1) is 11.7 Å². The van der Waals surface area contributed by atoms with Gasteiger partial charge in [-0.3, -0.25) is 4.79 Å². The number of nitrogens with zero attached hydrogens (tertiary/aromatic N) is 1. The number of amides is 1. The largest absolute Gasteiger partial charge is 0.489 e. The number of halogens is 1. The minimum atomic E-state index is -0.259. The molecule has 1 unspecified atom stereocenters. The van der Waals surface area contributed by atoms with Crippen molar-refractivity contribution in [2.24, 2.45) is 5.92 Å². The molecule has 4 nitrogen and oxygen atoms in total. The molecular weight excluding hydrogens is 393 g/mol. The van der Waals surface area contributed by atoms with E-state index in [0.29, 0.717) is 19.7 Å². The summed E-state index contributed by atoms with van der Waals surface area (Å²) >= 11 is 0. The molecule has 0 radical (unpaired) electrons. The molecule has 31 heavy (non-hydrogen) atoms. The van der Waals surface area contributed by atoms with Crippen molar-refractivity contribution in [3.63, 3.8) is 0 Å². The van der Waals surface area contributed by atoms with Crippen LogP contribution in [-0.2, 0) is 22.7 Å². The Hall–Kier alpha value is -2.40. The molecule has 1 aliphatic heterocycles. The first-order valence-electron chi connectivity index (χ1n) is 11.5. The van der Waals surface area contributed by atoms with Crippen molar-refractivity contribution in [2.75, 3.05) is 13.2 Å². The van der Waals surface area contributed by atoms with E-state index >= 15 is 0 Å². The Kier molecular flexibility index (Phi) is 7.57. The van der Waals surface area contributed by atoms with E-state index in [9.17, 15) is 9.18 Å². The van der Waals surface area contributed by atoms with Crippen molar-refractivity contribution in [2.45, 2.75) is 64.2 Å². The summed E-state index contributed by atoms with van der Waals surface area (Å²) in [5, 5.41) is 0. The van der Waals surface area contributed by atoms with Crippen molar-refractivity contribution in [3.8, 4) is 5.75 Å². The third-order valence-electron chi connectivity index (χ3n) is 6.31. The van der Waals surface area contributed by atoms with Gasteiger partial charge in [0.05, 0.1) is 6.10 Å². The Morgan fingerprint density at radius 1 is 1.00 bits per heavy atom. The Labute approximate surface area is 184 Å². The van der Waals surface area contributed by atoms with Crippen LogP contribution in [0.1, 0.15) is 56.1 Å². The molecule has 0 aromatic heterocycles. The average molecular weight is 426 g/mol. The van der Waals surface area contributed by atoms with E-state index in [2.05, 4.69) is 0 Å². The number of hydrogen-bond donors (Lipinski definition) is 0. The van der Waals surface area contributed by atoms with Crippen LogP contribution in [0.15, 0.2) is 48.5 Å². The molecule has 5 heteroatoms. The van der Waals surface area contributed by atoms with Gasteiger partial charge in [0, 0.05) is 25.6 Å². The second kappa shape index (κ2) is 10.8. The molecule has 0 spiro atoms. The zero-order valence-electron chi connectivity index (χ0n) is 18.1. The summed E-state index contributed by atoms with van der Waals surface area (Å²) < 4.78 is 24.9. The van der Waals surface area contributed by atoms with E-state index < -0.39 is 0 Å². The zero-order chi connectivity index (χ0) is 21.5. The van der Waals surface area contributed by atoms with Gasteiger partial charge in [0.25, 0.3) is 0 Å². The Bertz CT molecular complexity index is 842. The van der Waals surface area contributed by atoms with Gasteiger partial charge >= 0.3 is 0 Å². The van der Waals surface area contributed by atoms with Crippen molar-refractivity contribution in [3.05, 3.63) is 65.5 Å². The maximum atomic E-state index is 13.3. The molecule has 4 rings (SSSR count). The standard InChI is InChI=1S/C26H32FNO3/c27-23-9-4-6-21(16-23)19-31-24-13-11-20(12-14-24)17-28(18-25-10-5-15-30-25)26(29)22-7-2-1-3-8-22/h4,6,9,11-14,16,22,25H,1-3,5,7-8,10,15,17-19H2. The normalized spacial score (nSPS) is 19.3. The minimum Gasteiger partial charge on any atom is -0.489 e. The fraction of sp³-hybridized carbons (Fsp3) is 0.500. The summed E-state index contributed by atoms with van der Waals surface area (Å²) in [6.45, 7) is 2.39. The number of ether oxygens (including phenoxy) is 2. The van der Waals surface area contributed by atoms with Gasteiger partial charge < -0.3 is 14.4 Å². The second-order valence-corrected chi connectivity index (χ2v) is 8.75. The predicted molar refractivity (Wildman–Crippen MR) is 118 cm³/mol. The number of hydrogen-bond acceptors (Lipinski definition) is 3. The summed E-state index contributed by atoms with van der Waals surface area (Å²) in [4.78, 5) is 15.3. The highest BCUT2D eigenvalue weighted by atomic mass is 19.1. The zero-order valence-corrected chi connectivity index (χ0v) is 18.1. The van der Waals surface area contributed by atoms with Crippen LogP contribution in [0.5, 0.6) is 5.75 Å². The SMILES string of the molecule is O=C(C1CCCCC1)N(Cc1ccc(OCc2cccc(F)c2)cc1)CC1CCCO1. The molecule has 2 aromatic carbocycles. The van der Waals surface area contributed by atoms with E-state index in [1.54, 1.807) is 6.07 Å². The smallest absolute Gasteiger partial charge is 0.226 e. The van der Waals surface area contributed by atoms with E-state index in [1.165, 1.54) is 18.6 Å². The maximum Gasteiger partial charge on any atom is 0.226 e. The summed E-state index contributed by atoms with van der Waals surface area (Å²) in [5.74, 6) is 0.911. The molecule has 2 fully saturated rings. The Morgan fingerprint density at radius 2 is 1.81 bits per heavy atom. The van der Waals surface area contributed by atoms with Crippen LogP contribution < -0.4 is 4.74 Å². The molecule has 2 aromatic rings. The van der Waals surface area contributed by atoms with Crippen LogP contribution in [0.25, 0.3) is 0 Å². The highest BCUT2D eigenvalue weighted by Crippen LogP contribution is 2.27. The van der Waals surface area contributed by atoms with Gasteiger partial charge in [0.2, 0.25) is 5.91 Å². The van der Waals surface area contributed by atoms with E-state index in [1.807, 2.05) is 35.2 Å². The van der Waals surface area contributed by atoms with Crippen molar-refractivity contribution in [1.82, 2.24) is 4.90 Å². The molecular formula is C26H32FNO3. The third-order valence-corrected chi connectivity index (χ3v) is 6.31. The Morgan fingerprint density at radius 3 is 2.52 bits per heavy atom. The second-order valence-electron chi connectivity index (χ2n) is 8.75. The lowest BCUT2D eigenvalue weighted by atomic mass is 9.88. The van der Waals surface area contributed by atoms with Crippen LogP contribution in [0.2, 0.25) is 0 Å². The van der Waals surface area contributed by atoms with Crippen LogP contribution in [0.3, 0.4) is 0 Å². The van der Waals surface area contributed by atoms with Crippen molar-refractivity contribution < 1.29 is 18.7 Å². The molecule has 0 bridgehead atoms. The maximum absolute atomic E-state index is 13.3. The Balaban J connectivity index is 1.37. The summed E-state index contributed by atoms with van der Waals surface area (Å²) in [6, 6.07) is 14.3. The van der Waals surface area contributed by atoms with E-state index in [-0.39, 0.29) is 23.7 Å². The molecule has 2 aliphatic rings. The summed E-state index contributed by atoms with van der Waals surface area (Å²) in [6.07, 6.45) is 7.83. The lowest BCUT2D eigenvalue weighted by Crippen LogP contribution is -2.41. The van der Waals surface area contributed by atoms with Gasteiger partial charge in [0.1, 0.15) is 18.2 Å². The monoisotopic (exact) mass is 425 g/mol. The molecule has 1 heterocycles. The van der Waals surface area contributed by atoms with Gasteiger partial charge in [-0.2, -0.15) is 0 Å². The van der Waals surface area contributed by atoms with Crippen LogP contribution in [-0.4, -0.2) is 30.1 Å². The summed E-state index contributed by atoms with van der Waals surface area (Å²) in [7, 11) is 0. The van der Waals surface area contributed by atoms with Gasteiger partial charge in [-0.15, -0.1) is 0 Å². The van der Waals surface area contributed by atoms with Gasteiger partial charge in [-0.25, -0.2) is 4.39 Å². The molecule has 1 amide bonds. The van der Waals surface area contributed by atoms with Gasteiger partial charge in [-0.05, 0) is 61.1 Å². The number of carbonyl (C=O) groups excluding carboxylic acids is 1. The molecule has 1 saturated heterocycles. The van der Waals surface area contributed by atoms with Crippen molar-refractivity contribution in [1.29, 1.82) is 0 Å². The van der Waals surface area contributed by atoms with Crippen LogP contribution in [0.4, 0.5) is 4.39 Å². The first-order valence-corrected chi connectivity index (χ1v) is 11.5. The molecule has 166 valence electrons. The van der Waals surface area contributed by atoms with Gasteiger partial charge in [0.15, 0.2) is 0 Å². The number of benzene rings is 2. The average Bonchev–Trinajstić information content (AvgIpc) is 3.31. The molecule has 0 N–H and O–H groups in total. The number of carbonyl (C=O) groups is 1. The number of rotatable bonds is 8. The highest BCUT2D eigenvalue weighted by Gasteiger charge is 2.29. The van der Waals surface area contributed by atoms with Crippen LogP contribution >= 0.6 is 0 Å². The minimum absolute atomic E-state index is 0.154. The molecule has 1 aliphatic carbocycles. The van der Waals surface area contributed by atoms with E-state index in [0.717, 1.165) is 62.0 Å². The van der Waals surface area contributed by atoms with E-state index in [4.69, 9.17) is 9.47 Å². The lowest BCUT2D eigenvalue weighted by molar-refractivity contribution is -0.138. The fourth-order valence-electron chi connectivity index (χ4n) is 4.58. The quantitative estimate of drug-likeness (QED) is 0.561. The summed E-state index contributed by atoms with van der Waals surface area (Å²) in [5.41, 5.74) is 1.88. The predicted octanol–water partition coefficient (Wildman–Crippen LogP) is 5.49. The van der Waals surface area contributed by atoms with Crippen molar-refractivity contribution >= 4 is 5.91 Å². The fourth-order valence-corrected chi connectivity index (χ4v) is 4.58. The van der Waals surface area contributed by atoms with Gasteiger partial charge in [-0.1, -0.05) is 43.5 Å². The first kappa shape index (κ1) is 21.8. The molecule has 1 atom stereocenters. The topological polar surface area (TPSA) is 38.8 Å².